The number of hydrogen-bond donors (Lipinski definition) is 0. The topological polar surface area (TPSA) is 75.7 Å². The highest BCUT2D eigenvalue weighted by atomic mass is 16.5. The molecule has 158 valence electrons. The first-order chi connectivity index (χ1) is 15.1. The number of carbonyl (C=O) groups excluding carboxylic acids is 1. The minimum Gasteiger partial charge on any atom is -0.497 e. The van der Waals surface area contributed by atoms with Gasteiger partial charge < -0.3 is 18.6 Å². The number of aromatic nitrogens is 2. The lowest BCUT2D eigenvalue weighted by atomic mass is 10.1. The third-order valence-corrected chi connectivity index (χ3v) is 4.91. The number of ether oxygens (including phenoxy) is 3. The number of esters is 1. The summed E-state index contributed by atoms with van der Waals surface area (Å²) >= 11 is 0. The fraction of sp³-hybridized carbons (Fsp3) is 0.167. The predicted molar refractivity (Wildman–Crippen MR) is 115 cm³/mol. The molecular weight excluding hydrogens is 396 g/mol. The molecule has 0 radical (unpaired) electrons. The molecule has 0 bridgehead atoms. The molecule has 4 rings (SSSR count). The van der Waals surface area contributed by atoms with Gasteiger partial charge in [0.15, 0.2) is 0 Å². The molecule has 0 spiro atoms. The van der Waals surface area contributed by atoms with E-state index in [4.69, 9.17) is 23.7 Å². The van der Waals surface area contributed by atoms with E-state index in [-0.39, 0.29) is 5.76 Å². The number of methoxy groups -OCH3 is 3. The molecule has 0 atom stereocenters. The third kappa shape index (κ3) is 4.30. The molecule has 0 N–H and O–H groups in total. The van der Waals surface area contributed by atoms with Gasteiger partial charge >= 0.3 is 5.97 Å². The van der Waals surface area contributed by atoms with E-state index in [0.717, 1.165) is 34.0 Å². The highest BCUT2D eigenvalue weighted by Crippen LogP contribution is 2.29. The van der Waals surface area contributed by atoms with Crippen molar-refractivity contribution in [3.05, 3.63) is 78.3 Å². The van der Waals surface area contributed by atoms with Crippen molar-refractivity contribution in [2.45, 2.75) is 6.54 Å². The fourth-order valence-corrected chi connectivity index (χ4v) is 3.26. The van der Waals surface area contributed by atoms with Crippen molar-refractivity contribution in [1.29, 1.82) is 0 Å². The molecule has 4 aromatic rings. The van der Waals surface area contributed by atoms with Crippen molar-refractivity contribution in [1.82, 2.24) is 9.78 Å². The molecule has 0 aliphatic rings. The molecule has 2 aromatic carbocycles. The van der Waals surface area contributed by atoms with Gasteiger partial charge in [-0.15, -0.1) is 0 Å². The molecule has 0 saturated heterocycles. The van der Waals surface area contributed by atoms with E-state index in [1.165, 1.54) is 7.11 Å². The maximum Gasteiger partial charge on any atom is 0.373 e. The zero-order valence-corrected chi connectivity index (χ0v) is 17.5. The number of benzene rings is 2. The zero-order valence-electron chi connectivity index (χ0n) is 17.5. The van der Waals surface area contributed by atoms with Crippen LogP contribution in [-0.4, -0.2) is 37.1 Å². The quantitative estimate of drug-likeness (QED) is 0.406. The minimum atomic E-state index is -0.513. The van der Waals surface area contributed by atoms with Crippen molar-refractivity contribution in [3.63, 3.8) is 0 Å². The summed E-state index contributed by atoms with van der Waals surface area (Å²) < 4.78 is 22.7. The van der Waals surface area contributed by atoms with Crippen LogP contribution < -0.4 is 9.47 Å². The highest BCUT2D eigenvalue weighted by molar-refractivity contribution is 5.86. The summed E-state index contributed by atoms with van der Waals surface area (Å²) in [6.07, 6.45) is 0. The van der Waals surface area contributed by atoms with E-state index in [0.29, 0.717) is 12.3 Å². The molecule has 2 heterocycles. The van der Waals surface area contributed by atoms with Crippen LogP contribution in [0.3, 0.4) is 0 Å². The number of carbonyl (C=O) groups is 1. The lowest BCUT2D eigenvalue weighted by molar-refractivity contribution is 0.0563. The van der Waals surface area contributed by atoms with Gasteiger partial charge in [0.05, 0.1) is 39.3 Å². The summed E-state index contributed by atoms with van der Waals surface area (Å²) in [6, 6.07) is 20.9. The van der Waals surface area contributed by atoms with Crippen LogP contribution in [0.2, 0.25) is 0 Å². The van der Waals surface area contributed by atoms with E-state index in [1.54, 1.807) is 26.4 Å². The summed E-state index contributed by atoms with van der Waals surface area (Å²) in [6.45, 7) is 0.356. The molecular formula is C24H22N2O5. The van der Waals surface area contributed by atoms with Crippen molar-refractivity contribution in [2.24, 2.45) is 0 Å². The smallest absolute Gasteiger partial charge is 0.373 e. The van der Waals surface area contributed by atoms with Gasteiger partial charge in [0, 0.05) is 11.1 Å². The number of rotatable bonds is 7. The molecule has 0 amide bonds. The van der Waals surface area contributed by atoms with Crippen LogP contribution in [-0.2, 0) is 11.3 Å². The Bertz CT molecular complexity index is 1170. The second kappa shape index (κ2) is 8.79. The maximum atomic E-state index is 11.7. The first-order valence-corrected chi connectivity index (χ1v) is 9.65. The van der Waals surface area contributed by atoms with E-state index in [9.17, 15) is 4.79 Å². The van der Waals surface area contributed by atoms with E-state index in [1.807, 2.05) is 59.3 Å². The Hall–Kier alpha value is -4.00. The second-order valence-electron chi connectivity index (χ2n) is 6.79. The Morgan fingerprint density at radius 2 is 1.48 bits per heavy atom. The molecule has 7 heteroatoms. The summed E-state index contributed by atoms with van der Waals surface area (Å²) in [5.74, 6) is 1.80. The maximum absolute atomic E-state index is 11.7. The highest BCUT2D eigenvalue weighted by Gasteiger charge is 2.16. The van der Waals surface area contributed by atoms with Crippen LogP contribution in [0.1, 0.15) is 16.3 Å². The molecule has 0 fully saturated rings. The minimum absolute atomic E-state index is 0.158. The molecule has 7 nitrogen and oxygen atoms in total. The van der Waals surface area contributed by atoms with E-state index < -0.39 is 5.97 Å². The lowest BCUT2D eigenvalue weighted by Crippen LogP contribution is -2.04. The normalized spacial score (nSPS) is 10.7. The predicted octanol–water partition coefficient (Wildman–Crippen LogP) is 4.66. The zero-order chi connectivity index (χ0) is 21.8. The van der Waals surface area contributed by atoms with Gasteiger partial charge in [0.2, 0.25) is 5.76 Å². The Morgan fingerprint density at radius 3 is 2.06 bits per heavy atom. The number of hydrogen-bond acceptors (Lipinski definition) is 6. The molecule has 0 aliphatic heterocycles. The standard InChI is InChI=1S/C24H22N2O5/c1-28-18-8-4-16(5-9-18)21-14-22(17-6-10-19(29-2)11-7-17)26(25-21)15-20-12-13-23(31-20)24(27)30-3/h4-14H,15H2,1-3H3. The van der Waals surface area contributed by atoms with Gasteiger partial charge in [-0.3, -0.25) is 4.68 Å². The first-order valence-electron chi connectivity index (χ1n) is 9.65. The van der Waals surface area contributed by atoms with E-state index >= 15 is 0 Å². The summed E-state index contributed by atoms with van der Waals surface area (Å²) in [4.78, 5) is 11.7. The monoisotopic (exact) mass is 418 g/mol. The third-order valence-electron chi connectivity index (χ3n) is 4.91. The van der Waals surface area contributed by atoms with Crippen LogP contribution in [0.25, 0.3) is 22.5 Å². The second-order valence-corrected chi connectivity index (χ2v) is 6.79. The number of furan rings is 1. The summed E-state index contributed by atoms with van der Waals surface area (Å²) in [5, 5.41) is 4.79. The van der Waals surface area contributed by atoms with Crippen LogP contribution in [0, 0.1) is 0 Å². The molecule has 2 aromatic heterocycles. The lowest BCUT2D eigenvalue weighted by Gasteiger charge is -2.07. The molecule has 0 aliphatic carbocycles. The Labute approximate surface area is 179 Å². The largest absolute Gasteiger partial charge is 0.497 e. The van der Waals surface area contributed by atoms with Gasteiger partial charge in [-0.1, -0.05) is 0 Å². The van der Waals surface area contributed by atoms with Crippen LogP contribution in [0.15, 0.2) is 71.1 Å². The van der Waals surface area contributed by atoms with Crippen molar-refractivity contribution in [3.8, 4) is 34.0 Å². The average molecular weight is 418 g/mol. The van der Waals surface area contributed by atoms with Crippen LogP contribution >= 0.6 is 0 Å². The Kier molecular flexibility index (Phi) is 5.75. The van der Waals surface area contributed by atoms with Gasteiger partial charge in [-0.05, 0) is 66.7 Å². The van der Waals surface area contributed by atoms with Gasteiger partial charge in [-0.25, -0.2) is 4.79 Å². The molecule has 31 heavy (non-hydrogen) atoms. The van der Waals surface area contributed by atoms with E-state index in [2.05, 4.69) is 0 Å². The van der Waals surface area contributed by atoms with Crippen molar-refractivity contribution in [2.75, 3.05) is 21.3 Å². The van der Waals surface area contributed by atoms with Crippen molar-refractivity contribution >= 4 is 5.97 Å². The Balaban J connectivity index is 1.72. The summed E-state index contributed by atoms with van der Waals surface area (Å²) in [7, 11) is 4.59. The van der Waals surface area contributed by atoms with Gasteiger partial charge in [0.25, 0.3) is 0 Å². The molecule has 0 saturated carbocycles. The van der Waals surface area contributed by atoms with Crippen LogP contribution in [0.4, 0.5) is 0 Å². The SMILES string of the molecule is COC(=O)c1ccc(Cn2nc(-c3ccc(OC)cc3)cc2-c2ccc(OC)cc2)o1. The Morgan fingerprint density at radius 1 is 0.871 bits per heavy atom. The fourth-order valence-electron chi connectivity index (χ4n) is 3.26. The van der Waals surface area contributed by atoms with Crippen molar-refractivity contribution < 1.29 is 23.4 Å². The van der Waals surface area contributed by atoms with Gasteiger partial charge in [-0.2, -0.15) is 5.10 Å². The first kappa shape index (κ1) is 20.3. The average Bonchev–Trinajstić information content (AvgIpc) is 3.46. The number of nitrogens with zero attached hydrogens (tertiary/aromatic N) is 2. The van der Waals surface area contributed by atoms with Gasteiger partial charge in [0.1, 0.15) is 17.3 Å². The van der Waals surface area contributed by atoms with Crippen LogP contribution in [0.5, 0.6) is 11.5 Å². The summed E-state index contributed by atoms with van der Waals surface area (Å²) in [5.41, 5.74) is 3.66. The molecule has 0 unspecified atom stereocenters.